The van der Waals surface area contributed by atoms with Gasteiger partial charge in [0.2, 0.25) is 0 Å². The van der Waals surface area contributed by atoms with Gasteiger partial charge in [0, 0.05) is 19.4 Å². The molecule has 6 nitrogen and oxygen atoms in total. The highest BCUT2D eigenvalue weighted by atomic mass is 16.5. The second kappa shape index (κ2) is 5.77. The second-order valence-electron chi connectivity index (χ2n) is 4.75. The molecule has 6 heteroatoms. The van der Waals surface area contributed by atoms with Crippen LogP contribution in [0.15, 0.2) is 55.0 Å². The molecule has 2 aromatic heterocycles. The van der Waals surface area contributed by atoms with Crippen molar-refractivity contribution in [3.63, 3.8) is 0 Å². The summed E-state index contributed by atoms with van der Waals surface area (Å²) in [6.07, 6.45) is 5.30. The van der Waals surface area contributed by atoms with Crippen LogP contribution in [0.1, 0.15) is 10.4 Å². The molecule has 0 saturated heterocycles. The number of carbonyl (C=O) groups is 1. The van der Waals surface area contributed by atoms with Gasteiger partial charge in [-0.3, -0.25) is 9.48 Å². The molecular weight excluding hydrogens is 280 g/mol. The highest BCUT2D eigenvalue weighted by Gasteiger charge is 2.18. The Hall–Kier alpha value is -3.02. The normalized spacial score (nSPS) is 10.5. The van der Waals surface area contributed by atoms with Crippen LogP contribution in [0.2, 0.25) is 0 Å². The molecular formula is C16H16N4O2. The van der Waals surface area contributed by atoms with Crippen LogP contribution < -0.4 is 10.1 Å². The number of hydrogen-bond acceptors (Lipinski definition) is 3. The Morgan fingerprint density at radius 3 is 2.64 bits per heavy atom. The lowest BCUT2D eigenvalue weighted by Crippen LogP contribution is -2.15. The van der Waals surface area contributed by atoms with Crippen molar-refractivity contribution in [2.24, 2.45) is 7.05 Å². The summed E-state index contributed by atoms with van der Waals surface area (Å²) in [6, 6.07) is 11.1. The zero-order valence-corrected chi connectivity index (χ0v) is 12.4. The Morgan fingerprint density at radius 2 is 1.91 bits per heavy atom. The first kappa shape index (κ1) is 13.9. The Kier molecular flexibility index (Phi) is 3.65. The third-order valence-corrected chi connectivity index (χ3v) is 3.36. The minimum atomic E-state index is -0.235. The molecule has 22 heavy (non-hydrogen) atoms. The number of hydrogen-bond donors (Lipinski definition) is 1. The maximum absolute atomic E-state index is 12.6. The van der Waals surface area contributed by atoms with Crippen LogP contribution >= 0.6 is 0 Å². The summed E-state index contributed by atoms with van der Waals surface area (Å²) in [4.78, 5) is 12.6. The van der Waals surface area contributed by atoms with Crippen LogP contribution in [0.3, 0.4) is 0 Å². The molecule has 3 rings (SSSR count). The molecule has 0 saturated carbocycles. The first-order valence-corrected chi connectivity index (χ1v) is 6.80. The molecule has 1 N–H and O–H groups in total. The highest BCUT2D eigenvalue weighted by Crippen LogP contribution is 2.24. The average Bonchev–Trinajstić information content (AvgIpc) is 3.16. The highest BCUT2D eigenvalue weighted by molar-refractivity contribution is 6.07. The van der Waals surface area contributed by atoms with Crippen molar-refractivity contribution in [2.75, 3.05) is 12.4 Å². The Morgan fingerprint density at radius 1 is 1.18 bits per heavy atom. The minimum Gasteiger partial charge on any atom is -0.495 e. The van der Waals surface area contributed by atoms with E-state index in [0.717, 1.165) is 0 Å². The predicted molar refractivity (Wildman–Crippen MR) is 83.5 cm³/mol. The van der Waals surface area contributed by atoms with E-state index in [4.69, 9.17) is 4.74 Å². The number of carbonyl (C=O) groups excluding carboxylic acids is 1. The molecule has 0 atom stereocenters. The van der Waals surface area contributed by atoms with E-state index in [1.807, 2.05) is 41.2 Å². The molecule has 1 amide bonds. The number of benzene rings is 1. The molecule has 0 aliphatic carbocycles. The van der Waals surface area contributed by atoms with Crippen molar-refractivity contribution < 1.29 is 9.53 Å². The summed E-state index contributed by atoms with van der Waals surface area (Å²) < 4.78 is 8.76. The Bertz CT molecular complexity index is 790. The van der Waals surface area contributed by atoms with Gasteiger partial charge in [0.05, 0.1) is 19.0 Å². The quantitative estimate of drug-likeness (QED) is 0.804. The van der Waals surface area contributed by atoms with Crippen LogP contribution in [0.4, 0.5) is 5.69 Å². The molecule has 0 unspecified atom stereocenters. The number of rotatable bonds is 4. The third-order valence-electron chi connectivity index (χ3n) is 3.36. The topological polar surface area (TPSA) is 61.1 Å². The molecule has 0 fully saturated rings. The van der Waals surface area contributed by atoms with Crippen LogP contribution in [-0.2, 0) is 7.05 Å². The molecule has 112 valence electrons. The van der Waals surface area contributed by atoms with E-state index >= 15 is 0 Å². The van der Waals surface area contributed by atoms with Crippen molar-refractivity contribution in [1.29, 1.82) is 0 Å². The molecule has 0 radical (unpaired) electrons. The fraction of sp³-hybridized carbons (Fsp3) is 0.125. The fourth-order valence-electron chi connectivity index (χ4n) is 2.31. The lowest BCUT2D eigenvalue weighted by Gasteiger charge is -2.11. The SMILES string of the molecule is COc1ccccc1NC(=O)c1cnn(C)c1-n1cccc1. The van der Waals surface area contributed by atoms with Crippen molar-refractivity contribution >= 4 is 11.6 Å². The van der Waals surface area contributed by atoms with Gasteiger partial charge in [-0.05, 0) is 24.3 Å². The van der Waals surface area contributed by atoms with Gasteiger partial charge in [0.1, 0.15) is 17.1 Å². The van der Waals surface area contributed by atoms with E-state index in [0.29, 0.717) is 22.8 Å². The van der Waals surface area contributed by atoms with Gasteiger partial charge in [-0.2, -0.15) is 5.10 Å². The standard InChI is InChI=1S/C16H16N4O2/c1-19-16(20-9-5-6-10-20)12(11-17-19)15(21)18-13-7-3-4-8-14(13)22-2/h3-11H,1-2H3,(H,18,21). The van der Waals surface area contributed by atoms with Crippen molar-refractivity contribution in [1.82, 2.24) is 14.3 Å². The van der Waals surface area contributed by atoms with Crippen LogP contribution in [-0.4, -0.2) is 27.4 Å². The lowest BCUT2D eigenvalue weighted by atomic mass is 10.2. The van der Waals surface area contributed by atoms with E-state index in [2.05, 4.69) is 10.4 Å². The summed E-state index contributed by atoms with van der Waals surface area (Å²) in [5.74, 6) is 1.08. The maximum atomic E-state index is 12.6. The smallest absolute Gasteiger partial charge is 0.261 e. The predicted octanol–water partition coefficient (Wildman–Crippen LogP) is 2.47. The number of nitrogens with one attached hydrogen (secondary N) is 1. The number of anilines is 1. The first-order valence-electron chi connectivity index (χ1n) is 6.80. The zero-order valence-electron chi connectivity index (χ0n) is 12.4. The van der Waals surface area contributed by atoms with E-state index in [-0.39, 0.29) is 5.91 Å². The molecule has 3 aromatic rings. The minimum absolute atomic E-state index is 0.235. The van der Waals surface area contributed by atoms with Gasteiger partial charge in [-0.1, -0.05) is 12.1 Å². The first-order chi connectivity index (χ1) is 10.7. The van der Waals surface area contributed by atoms with Gasteiger partial charge in [0.15, 0.2) is 0 Å². The number of ether oxygens (including phenoxy) is 1. The van der Waals surface area contributed by atoms with E-state index in [9.17, 15) is 4.79 Å². The summed E-state index contributed by atoms with van der Waals surface area (Å²) in [5, 5.41) is 7.04. The molecule has 2 heterocycles. The van der Waals surface area contributed by atoms with E-state index in [1.54, 1.807) is 37.2 Å². The van der Waals surface area contributed by atoms with Crippen molar-refractivity contribution in [3.05, 3.63) is 60.6 Å². The van der Waals surface area contributed by atoms with Gasteiger partial charge >= 0.3 is 0 Å². The number of aromatic nitrogens is 3. The number of methoxy groups -OCH3 is 1. The maximum Gasteiger partial charge on any atom is 0.261 e. The van der Waals surface area contributed by atoms with Gasteiger partial charge in [0.25, 0.3) is 5.91 Å². The molecule has 0 bridgehead atoms. The zero-order chi connectivity index (χ0) is 15.5. The molecule has 0 aliphatic heterocycles. The summed E-state index contributed by atoms with van der Waals surface area (Å²) >= 11 is 0. The summed E-state index contributed by atoms with van der Waals surface area (Å²) in [7, 11) is 3.37. The van der Waals surface area contributed by atoms with Crippen molar-refractivity contribution in [2.45, 2.75) is 0 Å². The number of nitrogens with zero attached hydrogens (tertiary/aromatic N) is 3. The van der Waals surface area contributed by atoms with E-state index < -0.39 is 0 Å². The number of aryl methyl sites for hydroxylation is 1. The second-order valence-corrected chi connectivity index (χ2v) is 4.75. The largest absolute Gasteiger partial charge is 0.495 e. The molecule has 0 aliphatic rings. The molecule has 0 spiro atoms. The van der Waals surface area contributed by atoms with Gasteiger partial charge in [-0.15, -0.1) is 0 Å². The van der Waals surface area contributed by atoms with Gasteiger partial charge in [-0.25, -0.2) is 0 Å². The average molecular weight is 296 g/mol. The summed E-state index contributed by atoms with van der Waals surface area (Å²) in [5.41, 5.74) is 1.11. The van der Waals surface area contributed by atoms with Crippen LogP contribution in [0, 0.1) is 0 Å². The third kappa shape index (κ3) is 2.46. The molecule has 1 aromatic carbocycles. The Labute approximate surface area is 127 Å². The lowest BCUT2D eigenvalue weighted by molar-refractivity contribution is 0.102. The van der Waals surface area contributed by atoms with Crippen LogP contribution in [0.5, 0.6) is 5.75 Å². The Balaban J connectivity index is 1.94. The van der Waals surface area contributed by atoms with Gasteiger partial charge < -0.3 is 14.6 Å². The fourth-order valence-corrected chi connectivity index (χ4v) is 2.31. The van der Waals surface area contributed by atoms with Crippen molar-refractivity contribution in [3.8, 4) is 11.6 Å². The van der Waals surface area contributed by atoms with E-state index in [1.165, 1.54) is 0 Å². The number of para-hydroxylation sites is 2. The van der Waals surface area contributed by atoms with Crippen LogP contribution in [0.25, 0.3) is 5.82 Å². The number of amides is 1. The summed E-state index contributed by atoms with van der Waals surface area (Å²) in [6.45, 7) is 0. The monoisotopic (exact) mass is 296 g/mol.